The molecule has 0 radical (unpaired) electrons. The van der Waals surface area contributed by atoms with Crippen LogP contribution in [-0.4, -0.2) is 4.98 Å². The van der Waals surface area contributed by atoms with Crippen LogP contribution in [0, 0.1) is 0 Å². The van der Waals surface area contributed by atoms with E-state index in [1.54, 1.807) is 0 Å². The smallest absolute Gasteiger partial charge is 0.129 e. The molecule has 1 aliphatic rings. The molecule has 0 unspecified atom stereocenters. The molecular weight excluding hydrogens is 246 g/mol. The van der Waals surface area contributed by atoms with E-state index in [-0.39, 0.29) is 0 Å². The third-order valence-electron chi connectivity index (χ3n) is 3.88. The fraction of sp³-hybridized carbons (Fsp3) is 0.353. The largest absolute Gasteiger partial charge is 0.348 e. The topological polar surface area (TPSA) is 42.1 Å². The molecule has 1 aromatic carbocycles. The Hall–Kier alpha value is -1.87. The summed E-state index contributed by atoms with van der Waals surface area (Å²) in [5.41, 5.74) is 10.9. The minimum Gasteiger partial charge on any atom is -0.348 e. The van der Waals surface area contributed by atoms with Gasteiger partial charge < -0.3 is 10.6 Å². The number of aromatic nitrogens is 1. The maximum Gasteiger partial charge on any atom is 0.129 e. The zero-order chi connectivity index (χ0) is 14.1. The minimum absolute atomic E-state index is 0.422. The molecule has 3 heteroatoms. The molecule has 0 spiro atoms. The molecule has 20 heavy (non-hydrogen) atoms. The van der Waals surface area contributed by atoms with E-state index in [4.69, 9.17) is 10.7 Å². The normalized spacial score (nSPS) is 13.9. The van der Waals surface area contributed by atoms with Gasteiger partial charge in [0.1, 0.15) is 5.82 Å². The number of fused-ring (bicyclic) bond motifs is 1. The molecular formula is C17H21N3. The highest BCUT2D eigenvalue weighted by Crippen LogP contribution is 2.28. The number of nitrogens with two attached hydrogens (primary N) is 1. The first kappa shape index (κ1) is 13.1. The average Bonchev–Trinajstić information content (AvgIpc) is 2.90. The molecule has 104 valence electrons. The van der Waals surface area contributed by atoms with Crippen molar-refractivity contribution in [3.63, 3.8) is 0 Å². The molecule has 0 saturated heterocycles. The molecule has 1 aliphatic heterocycles. The summed E-state index contributed by atoms with van der Waals surface area (Å²) >= 11 is 0. The van der Waals surface area contributed by atoms with Crippen LogP contribution in [0.4, 0.5) is 5.82 Å². The number of rotatable bonds is 3. The Morgan fingerprint density at radius 1 is 1.15 bits per heavy atom. The van der Waals surface area contributed by atoms with E-state index in [1.807, 2.05) is 0 Å². The van der Waals surface area contributed by atoms with Crippen molar-refractivity contribution in [2.75, 3.05) is 4.90 Å². The van der Waals surface area contributed by atoms with Gasteiger partial charge in [-0.2, -0.15) is 0 Å². The lowest BCUT2D eigenvalue weighted by Gasteiger charge is -2.19. The SMILES string of the molecule is CC(C)c1cc(CN)cc(N2Cc3ccccc3C2)n1. The Bertz CT molecular complexity index is 594. The summed E-state index contributed by atoms with van der Waals surface area (Å²) in [5.74, 6) is 1.47. The molecule has 2 N–H and O–H groups in total. The molecule has 0 saturated carbocycles. The van der Waals surface area contributed by atoms with Gasteiger partial charge in [0, 0.05) is 25.3 Å². The fourth-order valence-electron chi connectivity index (χ4n) is 2.67. The molecule has 3 rings (SSSR count). The maximum atomic E-state index is 5.82. The first-order valence-corrected chi connectivity index (χ1v) is 7.20. The second-order valence-electron chi connectivity index (χ2n) is 5.74. The monoisotopic (exact) mass is 267 g/mol. The van der Waals surface area contributed by atoms with E-state index < -0.39 is 0 Å². The number of hydrogen-bond acceptors (Lipinski definition) is 3. The predicted molar refractivity (Wildman–Crippen MR) is 82.5 cm³/mol. The van der Waals surface area contributed by atoms with Gasteiger partial charge in [-0.15, -0.1) is 0 Å². The van der Waals surface area contributed by atoms with Gasteiger partial charge in [0.25, 0.3) is 0 Å². The zero-order valence-corrected chi connectivity index (χ0v) is 12.1. The van der Waals surface area contributed by atoms with Gasteiger partial charge in [-0.25, -0.2) is 4.98 Å². The van der Waals surface area contributed by atoms with Gasteiger partial charge in [-0.3, -0.25) is 0 Å². The lowest BCUT2D eigenvalue weighted by atomic mass is 10.1. The van der Waals surface area contributed by atoms with Gasteiger partial charge >= 0.3 is 0 Å². The Balaban J connectivity index is 1.94. The summed E-state index contributed by atoms with van der Waals surface area (Å²) in [7, 11) is 0. The van der Waals surface area contributed by atoms with Crippen molar-refractivity contribution in [3.8, 4) is 0 Å². The Morgan fingerprint density at radius 3 is 2.35 bits per heavy atom. The van der Waals surface area contributed by atoms with Crippen LogP contribution in [0.25, 0.3) is 0 Å². The van der Waals surface area contributed by atoms with Crippen LogP contribution in [-0.2, 0) is 19.6 Å². The summed E-state index contributed by atoms with van der Waals surface area (Å²) in [4.78, 5) is 7.15. The lowest BCUT2D eigenvalue weighted by Crippen LogP contribution is -2.17. The Morgan fingerprint density at radius 2 is 1.80 bits per heavy atom. The Labute approximate surface area is 120 Å². The van der Waals surface area contributed by atoms with Crippen LogP contribution in [0.15, 0.2) is 36.4 Å². The van der Waals surface area contributed by atoms with Crippen molar-refractivity contribution in [3.05, 3.63) is 58.8 Å². The molecule has 0 aliphatic carbocycles. The second kappa shape index (κ2) is 5.25. The molecule has 0 bridgehead atoms. The highest BCUT2D eigenvalue weighted by atomic mass is 15.2. The van der Waals surface area contributed by atoms with Crippen LogP contribution in [0.2, 0.25) is 0 Å². The molecule has 2 heterocycles. The first-order chi connectivity index (χ1) is 9.67. The summed E-state index contributed by atoms with van der Waals surface area (Å²) in [6, 6.07) is 12.9. The van der Waals surface area contributed by atoms with Crippen molar-refractivity contribution < 1.29 is 0 Å². The molecule has 0 atom stereocenters. The number of benzene rings is 1. The van der Waals surface area contributed by atoms with Crippen molar-refractivity contribution in [2.24, 2.45) is 5.73 Å². The number of hydrogen-bond donors (Lipinski definition) is 1. The first-order valence-electron chi connectivity index (χ1n) is 7.20. The third kappa shape index (κ3) is 2.41. The van der Waals surface area contributed by atoms with E-state index >= 15 is 0 Å². The average molecular weight is 267 g/mol. The van der Waals surface area contributed by atoms with Crippen LogP contribution in [0.1, 0.15) is 42.1 Å². The van der Waals surface area contributed by atoms with Gasteiger partial charge in [-0.1, -0.05) is 38.1 Å². The van der Waals surface area contributed by atoms with Crippen molar-refractivity contribution in [2.45, 2.75) is 39.4 Å². The van der Waals surface area contributed by atoms with E-state index in [1.165, 1.54) is 11.1 Å². The second-order valence-corrected chi connectivity index (χ2v) is 5.74. The Kier molecular flexibility index (Phi) is 3.45. The zero-order valence-electron chi connectivity index (χ0n) is 12.1. The lowest BCUT2D eigenvalue weighted by molar-refractivity contribution is 0.789. The fourth-order valence-corrected chi connectivity index (χ4v) is 2.67. The summed E-state index contributed by atoms with van der Waals surface area (Å²) < 4.78 is 0. The van der Waals surface area contributed by atoms with E-state index in [0.29, 0.717) is 12.5 Å². The number of pyridine rings is 1. The standard InChI is InChI=1S/C17H21N3/c1-12(2)16-7-13(9-18)8-17(19-16)20-10-14-5-3-4-6-15(14)11-20/h3-8,12H,9-11,18H2,1-2H3. The van der Waals surface area contributed by atoms with E-state index in [2.05, 4.69) is 55.1 Å². The van der Waals surface area contributed by atoms with Gasteiger partial charge in [0.2, 0.25) is 0 Å². The van der Waals surface area contributed by atoms with E-state index in [9.17, 15) is 0 Å². The van der Waals surface area contributed by atoms with E-state index in [0.717, 1.165) is 30.2 Å². The summed E-state index contributed by atoms with van der Waals surface area (Å²) in [5, 5.41) is 0. The van der Waals surface area contributed by atoms with Gasteiger partial charge in [-0.05, 0) is 34.7 Å². The molecule has 0 fully saturated rings. The molecule has 0 amide bonds. The third-order valence-corrected chi connectivity index (χ3v) is 3.88. The van der Waals surface area contributed by atoms with Gasteiger partial charge in [0.15, 0.2) is 0 Å². The minimum atomic E-state index is 0.422. The number of nitrogens with zero attached hydrogens (tertiary/aromatic N) is 2. The highest BCUT2D eigenvalue weighted by Gasteiger charge is 2.20. The van der Waals surface area contributed by atoms with Crippen molar-refractivity contribution >= 4 is 5.82 Å². The van der Waals surface area contributed by atoms with Gasteiger partial charge in [0.05, 0.1) is 0 Å². The van der Waals surface area contributed by atoms with Crippen LogP contribution in [0.3, 0.4) is 0 Å². The number of anilines is 1. The van der Waals surface area contributed by atoms with Crippen LogP contribution >= 0.6 is 0 Å². The quantitative estimate of drug-likeness (QED) is 0.928. The predicted octanol–water partition coefficient (Wildman–Crippen LogP) is 3.18. The molecule has 3 nitrogen and oxygen atoms in total. The summed E-state index contributed by atoms with van der Waals surface area (Å²) in [6.07, 6.45) is 0. The molecule has 1 aromatic heterocycles. The van der Waals surface area contributed by atoms with Crippen molar-refractivity contribution in [1.29, 1.82) is 0 Å². The highest BCUT2D eigenvalue weighted by molar-refractivity contribution is 5.49. The summed E-state index contributed by atoms with van der Waals surface area (Å²) in [6.45, 7) is 6.79. The maximum absolute atomic E-state index is 5.82. The van der Waals surface area contributed by atoms with Crippen LogP contribution < -0.4 is 10.6 Å². The van der Waals surface area contributed by atoms with Crippen molar-refractivity contribution in [1.82, 2.24) is 4.98 Å². The van der Waals surface area contributed by atoms with Crippen LogP contribution in [0.5, 0.6) is 0 Å². The molecule has 2 aromatic rings.